The van der Waals surface area contributed by atoms with Gasteiger partial charge < -0.3 is 15.0 Å². The van der Waals surface area contributed by atoms with Crippen LogP contribution in [0.4, 0.5) is 0 Å². The van der Waals surface area contributed by atoms with Gasteiger partial charge in [0.15, 0.2) is 0 Å². The molecule has 4 unspecified atom stereocenters. The number of ether oxygens (including phenoxy) is 1. The molecule has 92 valence electrons. The molecule has 0 aliphatic carbocycles. The molecule has 1 N–H and O–H groups in total. The molecule has 2 heterocycles. The molecule has 0 aromatic carbocycles. The lowest BCUT2D eigenvalue weighted by Gasteiger charge is -2.41. The van der Waals surface area contributed by atoms with Crippen molar-refractivity contribution in [2.45, 2.75) is 45.4 Å². The third-order valence-electron chi connectivity index (χ3n) is 3.78. The molecule has 0 aromatic heterocycles. The summed E-state index contributed by atoms with van der Waals surface area (Å²) in [5.74, 6) is 0.356. The van der Waals surface area contributed by atoms with Gasteiger partial charge >= 0.3 is 0 Å². The molecule has 4 heteroatoms. The number of nitrogens with zero attached hydrogens (tertiary/aromatic N) is 1. The molecule has 0 radical (unpaired) electrons. The summed E-state index contributed by atoms with van der Waals surface area (Å²) >= 11 is 0. The predicted molar refractivity (Wildman–Crippen MR) is 62.2 cm³/mol. The number of carbonyl (C=O) groups excluding carboxylic acids is 1. The highest BCUT2D eigenvalue weighted by Crippen LogP contribution is 2.25. The third kappa shape index (κ3) is 2.09. The minimum Gasteiger partial charge on any atom is -0.378 e. The Bertz CT molecular complexity index is 260. The van der Waals surface area contributed by atoms with Crippen LogP contribution in [0.25, 0.3) is 0 Å². The van der Waals surface area contributed by atoms with Gasteiger partial charge in [-0.05, 0) is 27.2 Å². The van der Waals surface area contributed by atoms with Crippen LogP contribution in [0.15, 0.2) is 0 Å². The van der Waals surface area contributed by atoms with Crippen molar-refractivity contribution in [2.75, 3.05) is 19.7 Å². The maximum absolute atomic E-state index is 12.4. The Morgan fingerprint density at radius 2 is 1.88 bits per heavy atom. The van der Waals surface area contributed by atoms with Crippen LogP contribution < -0.4 is 5.32 Å². The molecule has 0 spiro atoms. The fourth-order valence-corrected chi connectivity index (χ4v) is 2.81. The van der Waals surface area contributed by atoms with E-state index in [2.05, 4.69) is 19.2 Å². The second-order valence-corrected chi connectivity index (χ2v) is 5.07. The lowest BCUT2D eigenvalue weighted by Crippen LogP contribution is -2.59. The number of hydrogen-bond donors (Lipinski definition) is 1. The first-order valence-corrected chi connectivity index (χ1v) is 6.25. The smallest absolute Gasteiger partial charge is 0.228 e. The van der Waals surface area contributed by atoms with Crippen LogP contribution in [0.2, 0.25) is 0 Å². The zero-order chi connectivity index (χ0) is 11.7. The quantitative estimate of drug-likeness (QED) is 0.712. The van der Waals surface area contributed by atoms with Crippen molar-refractivity contribution in [2.24, 2.45) is 5.92 Å². The van der Waals surface area contributed by atoms with E-state index in [-0.39, 0.29) is 17.9 Å². The van der Waals surface area contributed by atoms with Crippen molar-refractivity contribution < 1.29 is 9.53 Å². The van der Waals surface area contributed by atoms with Gasteiger partial charge in [-0.2, -0.15) is 0 Å². The number of hydrogen-bond acceptors (Lipinski definition) is 3. The number of piperazine rings is 1. The number of rotatable bonds is 1. The first-order chi connectivity index (χ1) is 7.61. The Balaban J connectivity index is 2.07. The second kappa shape index (κ2) is 4.72. The van der Waals surface area contributed by atoms with Gasteiger partial charge in [0, 0.05) is 31.8 Å². The van der Waals surface area contributed by atoms with Crippen LogP contribution >= 0.6 is 0 Å². The van der Waals surface area contributed by atoms with Crippen molar-refractivity contribution in [3.63, 3.8) is 0 Å². The maximum Gasteiger partial charge on any atom is 0.228 e. The molecular weight excluding hydrogens is 204 g/mol. The maximum atomic E-state index is 12.4. The highest BCUT2D eigenvalue weighted by molar-refractivity contribution is 5.80. The summed E-state index contributed by atoms with van der Waals surface area (Å²) in [4.78, 5) is 14.5. The van der Waals surface area contributed by atoms with E-state index in [4.69, 9.17) is 4.74 Å². The molecule has 2 fully saturated rings. The fraction of sp³-hybridized carbons (Fsp3) is 0.917. The summed E-state index contributed by atoms with van der Waals surface area (Å²) in [7, 11) is 0. The molecule has 2 aliphatic heterocycles. The van der Waals surface area contributed by atoms with E-state index in [0.29, 0.717) is 12.1 Å². The van der Waals surface area contributed by atoms with Gasteiger partial charge in [-0.3, -0.25) is 4.79 Å². The second-order valence-electron chi connectivity index (χ2n) is 5.07. The molecule has 2 rings (SSSR count). The van der Waals surface area contributed by atoms with Crippen LogP contribution in [0.5, 0.6) is 0 Å². The van der Waals surface area contributed by atoms with E-state index >= 15 is 0 Å². The summed E-state index contributed by atoms with van der Waals surface area (Å²) in [6.45, 7) is 8.76. The van der Waals surface area contributed by atoms with Crippen molar-refractivity contribution in [1.82, 2.24) is 10.2 Å². The molecule has 0 aromatic rings. The monoisotopic (exact) mass is 226 g/mol. The van der Waals surface area contributed by atoms with Gasteiger partial charge in [0.1, 0.15) is 0 Å². The van der Waals surface area contributed by atoms with Crippen LogP contribution in [0.1, 0.15) is 27.2 Å². The van der Waals surface area contributed by atoms with Gasteiger partial charge in [-0.1, -0.05) is 0 Å². The molecule has 0 saturated carbocycles. The summed E-state index contributed by atoms with van der Waals surface area (Å²) in [5, 5.41) is 3.35. The number of carbonyl (C=O) groups is 1. The van der Waals surface area contributed by atoms with E-state index < -0.39 is 0 Å². The summed E-state index contributed by atoms with van der Waals surface area (Å²) in [6.07, 6.45) is 0.963. The molecule has 0 bridgehead atoms. The Morgan fingerprint density at radius 3 is 2.38 bits per heavy atom. The Hall–Kier alpha value is -0.610. The van der Waals surface area contributed by atoms with Crippen molar-refractivity contribution >= 4 is 5.91 Å². The van der Waals surface area contributed by atoms with Crippen LogP contribution in [0.3, 0.4) is 0 Å². The van der Waals surface area contributed by atoms with Gasteiger partial charge in [0.05, 0.1) is 12.0 Å². The van der Waals surface area contributed by atoms with E-state index in [9.17, 15) is 4.79 Å². The molecule has 1 amide bonds. The van der Waals surface area contributed by atoms with Crippen molar-refractivity contribution in [3.05, 3.63) is 0 Å². The van der Waals surface area contributed by atoms with Crippen LogP contribution in [-0.2, 0) is 9.53 Å². The molecule has 4 nitrogen and oxygen atoms in total. The standard InChI is InChI=1S/C12H22N2O2/c1-8-6-13-7-9(2)14(8)12(15)11-4-5-16-10(11)3/h8-11,13H,4-7H2,1-3H3. The van der Waals surface area contributed by atoms with E-state index in [0.717, 1.165) is 26.1 Å². The van der Waals surface area contributed by atoms with Gasteiger partial charge in [0.25, 0.3) is 0 Å². The van der Waals surface area contributed by atoms with E-state index in [1.165, 1.54) is 0 Å². The normalized spacial score (nSPS) is 40.1. The first kappa shape index (κ1) is 11.9. The molecular formula is C12H22N2O2. The Labute approximate surface area is 97.3 Å². The lowest BCUT2D eigenvalue weighted by atomic mass is 9.98. The van der Waals surface area contributed by atoms with Crippen molar-refractivity contribution in [3.8, 4) is 0 Å². The van der Waals surface area contributed by atoms with E-state index in [1.807, 2.05) is 11.8 Å². The number of amides is 1. The zero-order valence-electron chi connectivity index (χ0n) is 10.4. The molecule has 2 aliphatic rings. The van der Waals surface area contributed by atoms with Gasteiger partial charge in [-0.25, -0.2) is 0 Å². The molecule has 2 saturated heterocycles. The minimum absolute atomic E-state index is 0.0722. The van der Waals surface area contributed by atoms with Crippen LogP contribution in [-0.4, -0.2) is 48.7 Å². The summed E-state index contributed by atoms with van der Waals surface area (Å²) in [6, 6.07) is 0.591. The largest absolute Gasteiger partial charge is 0.378 e. The van der Waals surface area contributed by atoms with Gasteiger partial charge in [0.2, 0.25) is 5.91 Å². The highest BCUT2D eigenvalue weighted by atomic mass is 16.5. The third-order valence-corrected chi connectivity index (χ3v) is 3.78. The molecule has 4 atom stereocenters. The topological polar surface area (TPSA) is 41.6 Å². The van der Waals surface area contributed by atoms with E-state index in [1.54, 1.807) is 0 Å². The average molecular weight is 226 g/mol. The Morgan fingerprint density at radius 1 is 1.25 bits per heavy atom. The van der Waals surface area contributed by atoms with Crippen molar-refractivity contribution in [1.29, 1.82) is 0 Å². The lowest BCUT2D eigenvalue weighted by molar-refractivity contribution is -0.142. The number of nitrogens with one attached hydrogen (secondary N) is 1. The zero-order valence-corrected chi connectivity index (χ0v) is 10.4. The van der Waals surface area contributed by atoms with Crippen LogP contribution in [0, 0.1) is 5.92 Å². The SMILES string of the molecule is CC1OCCC1C(=O)N1C(C)CNCC1C. The fourth-order valence-electron chi connectivity index (χ4n) is 2.81. The minimum atomic E-state index is 0.0722. The highest BCUT2D eigenvalue weighted by Gasteiger charge is 2.38. The summed E-state index contributed by atoms with van der Waals surface area (Å²) in [5.41, 5.74) is 0. The average Bonchev–Trinajstić information content (AvgIpc) is 2.64. The first-order valence-electron chi connectivity index (χ1n) is 6.25. The summed E-state index contributed by atoms with van der Waals surface area (Å²) < 4.78 is 5.48. The molecule has 16 heavy (non-hydrogen) atoms. The predicted octanol–water partition coefficient (Wildman–Crippen LogP) is 0.620. The Kier molecular flexibility index (Phi) is 3.50. The van der Waals surface area contributed by atoms with Gasteiger partial charge in [-0.15, -0.1) is 0 Å².